The molecule has 0 radical (unpaired) electrons. The van der Waals surface area contributed by atoms with E-state index in [4.69, 9.17) is 23.2 Å². The molecule has 0 spiro atoms. The summed E-state index contributed by atoms with van der Waals surface area (Å²) in [5.74, 6) is 0. The molecule has 0 heterocycles. The molecule has 20 heavy (non-hydrogen) atoms. The first-order valence-corrected chi connectivity index (χ1v) is 8.24. The van der Waals surface area contributed by atoms with Crippen LogP contribution in [-0.4, -0.2) is 6.54 Å². The molecule has 0 fully saturated rings. The number of hydrogen-bond donors (Lipinski definition) is 1. The van der Waals surface area contributed by atoms with Crippen molar-refractivity contribution in [1.82, 2.24) is 5.32 Å². The second kappa shape index (κ2) is 10.3. The van der Waals surface area contributed by atoms with Gasteiger partial charge in [0.25, 0.3) is 0 Å². The van der Waals surface area contributed by atoms with E-state index in [9.17, 15) is 0 Å². The van der Waals surface area contributed by atoms with Crippen molar-refractivity contribution in [1.29, 1.82) is 0 Å². The smallest absolute Gasteiger partial charge is 0.0468 e. The lowest BCUT2D eigenvalue weighted by atomic mass is 9.99. The number of unbranched alkanes of at least 4 members (excludes halogenated alkanes) is 3. The largest absolute Gasteiger partial charge is 0.310 e. The summed E-state index contributed by atoms with van der Waals surface area (Å²) in [5.41, 5.74) is 1.05. The predicted octanol–water partition coefficient (Wildman–Crippen LogP) is 6.17. The van der Waals surface area contributed by atoms with E-state index < -0.39 is 0 Å². The highest BCUT2D eigenvalue weighted by atomic mass is 35.5. The monoisotopic (exact) mass is 313 g/mol. The fourth-order valence-electron chi connectivity index (χ4n) is 2.32. The molecular weight excluding hydrogens is 289 g/mol. The van der Waals surface area contributed by atoms with Crippen molar-refractivity contribution in [3.05, 3.63) is 46.5 Å². The van der Waals surface area contributed by atoms with E-state index in [1.165, 1.54) is 19.3 Å². The Balaban J connectivity index is 2.65. The molecule has 1 atom stereocenters. The molecule has 0 amide bonds. The molecule has 1 nitrogen and oxygen atoms in total. The van der Waals surface area contributed by atoms with Crippen molar-refractivity contribution in [2.24, 2.45) is 0 Å². The van der Waals surface area contributed by atoms with E-state index in [1.54, 1.807) is 0 Å². The van der Waals surface area contributed by atoms with Crippen LogP contribution in [0.1, 0.15) is 57.1 Å². The Morgan fingerprint density at radius 2 is 1.90 bits per heavy atom. The van der Waals surface area contributed by atoms with E-state index >= 15 is 0 Å². The molecule has 0 aliphatic rings. The van der Waals surface area contributed by atoms with E-state index in [2.05, 4.69) is 18.8 Å². The fraction of sp³-hybridized carbons (Fsp3) is 0.529. The lowest BCUT2D eigenvalue weighted by Crippen LogP contribution is -2.22. The summed E-state index contributed by atoms with van der Waals surface area (Å²) in [6.45, 7) is 6.91. The second-order valence-electron chi connectivity index (χ2n) is 5.07. The molecule has 1 aromatic rings. The van der Waals surface area contributed by atoms with Gasteiger partial charge in [-0.1, -0.05) is 55.1 Å². The van der Waals surface area contributed by atoms with Crippen LogP contribution in [0.5, 0.6) is 0 Å². The van der Waals surface area contributed by atoms with Crippen molar-refractivity contribution < 1.29 is 0 Å². The molecule has 1 rings (SSSR count). The maximum Gasteiger partial charge on any atom is 0.0468 e. The van der Waals surface area contributed by atoms with Gasteiger partial charge in [0.2, 0.25) is 0 Å². The number of rotatable bonds is 10. The van der Waals surface area contributed by atoms with Gasteiger partial charge in [-0.2, -0.15) is 0 Å². The van der Waals surface area contributed by atoms with Gasteiger partial charge in [-0.15, -0.1) is 6.58 Å². The van der Waals surface area contributed by atoms with E-state index in [1.807, 2.05) is 24.3 Å². The maximum absolute atomic E-state index is 6.33. The van der Waals surface area contributed by atoms with Gasteiger partial charge in [0, 0.05) is 21.7 Å². The average Bonchev–Trinajstić information content (AvgIpc) is 2.43. The molecule has 1 aromatic carbocycles. The third-order valence-corrected chi connectivity index (χ3v) is 4.05. The third kappa shape index (κ3) is 5.87. The van der Waals surface area contributed by atoms with E-state index in [0.29, 0.717) is 0 Å². The van der Waals surface area contributed by atoms with Gasteiger partial charge in [0.15, 0.2) is 0 Å². The summed E-state index contributed by atoms with van der Waals surface area (Å²) >= 11 is 12.7. The fourth-order valence-corrected chi connectivity index (χ4v) is 2.99. The molecule has 0 saturated heterocycles. The molecule has 1 unspecified atom stereocenters. The first-order chi connectivity index (χ1) is 9.70. The molecule has 0 aromatic heterocycles. The SMILES string of the molecule is C=CCCCCCC(NCCC)c1c(Cl)cccc1Cl. The lowest BCUT2D eigenvalue weighted by molar-refractivity contribution is 0.472. The summed E-state index contributed by atoms with van der Waals surface area (Å²) in [5, 5.41) is 5.09. The van der Waals surface area contributed by atoms with Crippen molar-refractivity contribution in [3.63, 3.8) is 0 Å². The van der Waals surface area contributed by atoms with Crippen LogP contribution in [0.3, 0.4) is 0 Å². The van der Waals surface area contributed by atoms with Crippen LogP contribution in [0.2, 0.25) is 10.0 Å². The first kappa shape index (κ1) is 17.6. The van der Waals surface area contributed by atoms with Crippen molar-refractivity contribution in [2.45, 2.75) is 51.5 Å². The van der Waals surface area contributed by atoms with Gasteiger partial charge in [-0.05, 0) is 44.4 Å². The highest BCUT2D eigenvalue weighted by molar-refractivity contribution is 6.36. The second-order valence-corrected chi connectivity index (χ2v) is 5.88. The van der Waals surface area contributed by atoms with Crippen LogP contribution in [0.25, 0.3) is 0 Å². The van der Waals surface area contributed by atoms with Gasteiger partial charge in [0.05, 0.1) is 0 Å². The number of benzene rings is 1. The van der Waals surface area contributed by atoms with Gasteiger partial charge in [-0.25, -0.2) is 0 Å². The van der Waals surface area contributed by atoms with Crippen LogP contribution in [0, 0.1) is 0 Å². The standard InChI is InChI=1S/C17H25Cl2N/c1-3-5-6-7-8-12-16(20-13-4-2)17-14(18)10-9-11-15(17)19/h3,9-11,16,20H,1,4-8,12-13H2,2H3. The van der Waals surface area contributed by atoms with E-state index in [-0.39, 0.29) is 6.04 Å². The summed E-state index contributed by atoms with van der Waals surface area (Å²) in [7, 11) is 0. The molecule has 1 N–H and O–H groups in total. The Labute approximate surface area is 133 Å². The Morgan fingerprint density at radius 1 is 1.20 bits per heavy atom. The van der Waals surface area contributed by atoms with Gasteiger partial charge < -0.3 is 5.32 Å². The van der Waals surface area contributed by atoms with Crippen LogP contribution >= 0.6 is 23.2 Å². The average molecular weight is 314 g/mol. The molecule has 112 valence electrons. The van der Waals surface area contributed by atoms with Crippen LogP contribution in [0.4, 0.5) is 0 Å². The zero-order valence-corrected chi connectivity index (χ0v) is 13.8. The lowest BCUT2D eigenvalue weighted by Gasteiger charge is -2.21. The van der Waals surface area contributed by atoms with Gasteiger partial charge >= 0.3 is 0 Å². The quantitative estimate of drug-likeness (QED) is 0.402. The Bertz CT molecular complexity index is 384. The Kier molecular flexibility index (Phi) is 9.00. The summed E-state index contributed by atoms with van der Waals surface area (Å²) < 4.78 is 0. The number of halogens is 2. The van der Waals surface area contributed by atoms with Crippen LogP contribution in [0.15, 0.2) is 30.9 Å². The van der Waals surface area contributed by atoms with Crippen molar-refractivity contribution in [2.75, 3.05) is 6.54 Å². The zero-order chi connectivity index (χ0) is 14.8. The van der Waals surface area contributed by atoms with Crippen molar-refractivity contribution >= 4 is 23.2 Å². The molecule has 0 aliphatic heterocycles. The Hall–Kier alpha value is -0.500. The van der Waals surface area contributed by atoms with Gasteiger partial charge in [0.1, 0.15) is 0 Å². The zero-order valence-electron chi connectivity index (χ0n) is 12.3. The molecular formula is C17H25Cl2N. The molecule has 3 heteroatoms. The Morgan fingerprint density at radius 3 is 2.50 bits per heavy atom. The predicted molar refractivity (Wildman–Crippen MR) is 90.8 cm³/mol. The summed E-state index contributed by atoms with van der Waals surface area (Å²) in [6.07, 6.45) is 8.86. The third-order valence-electron chi connectivity index (χ3n) is 3.39. The minimum absolute atomic E-state index is 0.250. The summed E-state index contributed by atoms with van der Waals surface area (Å²) in [4.78, 5) is 0. The van der Waals surface area contributed by atoms with Gasteiger partial charge in [-0.3, -0.25) is 0 Å². The highest BCUT2D eigenvalue weighted by Gasteiger charge is 2.16. The first-order valence-electron chi connectivity index (χ1n) is 7.48. The van der Waals surface area contributed by atoms with Crippen LogP contribution < -0.4 is 5.32 Å². The minimum atomic E-state index is 0.250. The van der Waals surface area contributed by atoms with Crippen LogP contribution in [-0.2, 0) is 0 Å². The topological polar surface area (TPSA) is 12.0 Å². The number of allylic oxidation sites excluding steroid dienone is 1. The number of hydrogen-bond acceptors (Lipinski definition) is 1. The minimum Gasteiger partial charge on any atom is -0.310 e. The molecule has 0 bridgehead atoms. The number of nitrogens with one attached hydrogen (secondary N) is 1. The van der Waals surface area contributed by atoms with E-state index in [0.717, 1.165) is 41.4 Å². The normalized spacial score (nSPS) is 12.3. The molecule has 0 aliphatic carbocycles. The maximum atomic E-state index is 6.33. The highest BCUT2D eigenvalue weighted by Crippen LogP contribution is 2.33. The summed E-state index contributed by atoms with van der Waals surface area (Å²) in [6, 6.07) is 5.98. The molecule has 0 saturated carbocycles. The van der Waals surface area contributed by atoms with Crippen molar-refractivity contribution in [3.8, 4) is 0 Å².